The molecule has 1 aromatic heterocycles. The second-order valence-corrected chi connectivity index (χ2v) is 6.56. The van der Waals surface area contributed by atoms with Gasteiger partial charge in [0.15, 0.2) is 0 Å². The van der Waals surface area contributed by atoms with Crippen LogP contribution < -0.4 is 5.32 Å². The molecule has 1 aromatic rings. The standard InChI is InChI=1S/C16H27N5O/c1-4-20-9-10-21(16(22)18-12(2)13-5-6-13)11-14(20)15-17-7-8-19(15)3/h7-8,12-14H,4-6,9-11H2,1-3H3,(H,18,22)/t12-,14-/m0/s1. The maximum absolute atomic E-state index is 12.5. The lowest BCUT2D eigenvalue weighted by Crippen LogP contribution is -2.54. The van der Waals surface area contributed by atoms with Gasteiger partial charge in [-0.3, -0.25) is 4.90 Å². The second-order valence-electron chi connectivity index (χ2n) is 6.56. The van der Waals surface area contributed by atoms with Crippen LogP contribution in [0.1, 0.15) is 38.6 Å². The molecule has 2 heterocycles. The zero-order valence-electron chi connectivity index (χ0n) is 13.8. The number of carbonyl (C=O) groups excluding carboxylic acids is 1. The van der Waals surface area contributed by atoms with Gasteiger partial charge >= 0.3 is 6.03 Å². The first kappa shape index (κ1) is 15.3. The molecule has 6 heteroatoms. The Hall–Kier alpha value is -1.56. The molecule has 22 heavy (non-hydrogen) atoms. The van der Waals surface area contributed by atoms with Gasteiger partial charge in [0.25, 0.3) is 0 Å². The van der Waals surface area contributed by atoms with Gasteiger partial charge in [0, 0.05) is 45.1 Å². The maximum atomic E-state index is 12.5. The number of carbonyl (C=O) groups is 1. The lowest BCUT2D eigenvalue weighted by Gasteiger charge is -2.40. The van der Waals surface area contributed by atoms with Gasteiger partial charge < -0.3 is 14.8 Å². The summed E-state index contributed by atoms with van der Waals surface area (Å²) in [5.41, 5.74) is 0. The summed E-state index contributed by atoms with van der Waals surface area (Å²) in [5, 5.41) is 3.17. The molecule has 3 rings (SSSR count). The molecule has 2 fully saturated rings. The first-order valence-electron chi connectivity index (χ1n) is 8.36. The van der Waals surface area contributed by atoms with Gasteiger partial charge in [-0.25, -0.2) is 9.78 Å². The highest BCUT2D eigenvalue weighted by molar-refractivity contribution is 5.74. The average Bonchev–Trinajstić information content (AvgIpc) is 3.29. The van der Waals surface area contributed by atoms with Crippen molar-refractivity contribution in [1.29, 1.82) is 0 Å². The number of rotatable bonds is 4. The fourth-order valence-corrected chi connectivity index (χ4v) is 3.33. The summed E-state index contributed by atoms with van der Waals surface area (Å²) in [6.45, 7) is 7.67. The molecule has 0 spiro atoms. The zero-order chi connectivity index (χ0) is 15.7. The summed E-state index contributed by atoms with van der Waals surface area (Å²) in [4.78, 5) is 21.3. The van der Waals surface area contributed by atoms with E-state index in [2.05, 4.69) is 33.6 Å². The molecule has 122 valence electrons. The van der Waals surface area contributed by atoms with Crippen molar-refractivity contribution in [2.24, 2.45) is 13.0 Å². The van der Waals surface area contributed by atoms with E-state index in [-0.39, 0.29) is 12.1 Å². The van der Waals surface area contributed by atoms with Gasteiger partial charge in [0.1, 0.15) is 5.82 Å². The van der Waals surface area contributed by atoms with Crippen molar-refractivity contribution < 1.29 is 4.79 Å². The van der Waals surface area contributed by atoms with E-state index >= 15 is 0 Å². The van der Waals surface area contributed by atoms with Crippen LogP contribution in [0.4, 0.5) is 4.79 Å². The molecule has 2 aliphatic rings. The molecule has 6 nitrogen and oxygen atoms in total. The number of hydrogen-bond acceptors (Lipinski definition) is 3. The highest BCUT2D eigenvalue weighted by atomic mass is 16.2. The van der Waals surface area contributed by atoms with E-state index in [0.717, 1.165) is 25.5 Å². The Balaban J connectivity index is 1.67. The molecular weight excluding hydrogens is 278 g/mol. The van der Waals surface area contributed by atoms with Crippen molar-refractivity contribution in [3.63, 3.8) is 0 Å². The fourth-order valence-electron chi connectivity index (χ4n) is 3.33. The van der Waals surface area contributed by atoms with E-state index in [4.69, 9.17) is 0 Å². The minimum absolute atomic E-state index is 0.0781. The molecule has 1 saturated carbocycles. The quantitative estimate of drug-likeness (QED) is 0.919. The Labute approximate surface area is 132 Å². The monoisotopic (exact) mass is 305 g/mol. The van der Waals surface area contributed by atoms with Crippen LogP contribution in [0.15, 0.2) is 12.4 Å². The molecule has 1 aliphatic heterocycles. The topological polar surface area (TPSA) is 53.4 Å². The van der Waals surface area contributed by atoms with Crippen molar-refractivity contribution >= 4 is 6.03 Å². The minimum atomic E-state index is 0.0781. The molecule has 1 saturated heterocycles. The van der Waals surface area contributed by atoms with Gasteiger partial charge in [-0.05, 0) is 32.2 Å². The van der Waals surface area contributed by atoms with Crippen LogP contribution in [0.3, 0.4) is 0 Å². The smallest absolute Gasteiger partial charge is 0.317 e. The summed E-state index contributed by atoms with van der Waals surface area (Å²) in [7, 11) is 2.02. The lowest BCUT2D eigenvalue weighted by molar-refractivity contribution is 0.0867. The highest BCUT2D eigenvalue weighted by Crippen LogP contribution is 2.32. The number of hydrogen-bond donors (Lipinski definition) is 1. The largest absolute Gasteiger partial charge is 0.337 e. The molecule has 2 amide bonds. The number of likely N-dealkylation sites (N-methyl/N-ethyl adjacent to an activating group) is 1. The van der Waals surface area contributed by atoms with Crippen LogP contribution in [-0.4, -0.2) is 57.6 Å². The Morgan fingerprint density at radius 1 is 1.45 bits per heavy atom. The SMILES string of the molecule is CCN1CCN(C(=O)N[C@@H](C)C2CC2)C[C@H]1c1nccn1C. The van der Waals surface area contributed by atoms with Crippen LogP contribution >= 0.6 is 0 Å². The van der Waals surface area contributed by atoms with Crippen molar-refractivity contribution in [3.8, 4) is 0 Å². The summed E-state index contributed by atoms with van der Waals surface area (Å²) in [5.74, 6) is 1.72. The van der Waals surface area contributed by atoms with Crippen molar-refractivity contribution in [1.82, 2.24) is 24.7 Å². The van der Waals surface area contributed by atoms with E-state index in [9.17, 15) is 4.79 Å². The molecular formula is C16H27N5O. The number of imidazole rings is 1. The van der Waals surface area contributed by atoms with E-state index in [1.807, 2.05) is 24.3 Å². The number of piperazine rings is 1. The Morgan fingerprint density at radius 2 is 2.23 bits per heavy atom. The Bertz CT molecular complexity index is 524. The van der Waals surface area contributed by atoms with Crippen molar-refractivity contribution in [2.75, 3.05) is 26.2 Å². The first-order valence-corrected chi connectivity index (χ1v) is 8.36. The normalized spacial score (nSPS) is 24.3. The number of nitrogens with one attached hydrogen (secondary N) is 1. The number of urea groups is 1. The third kappa shape index (κ3) is 3.11. The summed E-state index contributed by atoms with van der Waals surface area (Å²) < 4.78 is 2.06. The van der Waals surface area contributed by atoms with Gasteiger partial charge in [-0.15, -0.1) is 0 Å². The molecule has 0 radical (unpaired) electrons. The molecule has 2 atom stereocenters. The number of amides is 2. The number of aromatic nitrogens is 2. The molecule has 0 unspecified atom stereocenters. The zero-order valence-corrected chi connectivity index (χ0v) is 13.8. The molecule has 0 bridgehead atoms. The van der Waals surface area contributed by atoms with Crippen LogP contribution in [0, 0.1) is 5.92 Å². The van der Waals surface area contributed by atoms with Crippen LogP contribution in [-0.2, 0) is 7.05 Å². The fraction of sp³-hybridized carbons (Fsp3) is 0.750. The van der Waals surface area contributed by atoms with E-state index in [1.165, 1.54) is 12.8 Å². The predicted molar refractivity (Wildman–Crippen MR) is 85.5 cm³/mol. The second kappa shape index (κ2) is 6.28. The minimum Gasteiger partial charge on any atom is -0.337 e. The van der Waals surface area contributed by atoms with Crippen molar-refractivity contribution in [2.45, 2.75) is 38.8 Å². The van der Waals surface area contributed by atoms with E-state index in [1.54, 1.807) is 0 Å². The van der Waals surface area contributed by atoms with E-state index < -0.39 is 0 Å². The average molecular weight is 305 g/mol. The predicted octanol–water partition coefficient (Wildman–Crippen LogP) is 1.61. The summed E-state index contributed by atoms with van der Waals surface area (Å²) in [6.07, 6.45) is 6.30. The van der Waals surface area contributed by atoms with Gasteiger partial charge in [-0.2, -0.15) is 0 Å². The summed E-state index contributed by atoms with van der Waals surface area (Å²) in [6, 6.07) is 0.554. The third-order valence-corrected chi connectivity index (χ3v) is 5.02. The van der Waals surface area contributed by atoms with Crippen LogP contribution in [0.25, 0.3) is 0 Å². The van der Waals surface area contributed by atoms with Gasteiger partial charge in [-0.1, -0.05) is 6.92 Å². The molecule has 0 aromatic carbocycles. The number of aryl methyl sites for hydroxylation is 1. The third-order valence-electron chi connectivity index (χ3n) is 5.02. The Morgan fingerprint density at radius 3 is 2.82 bits per heavy atom. The first-order chi connectivity index (χ1) is 10.6. The van der Waals surface area contributed by atoms with Crippen molar-refractivity contribution in [3.05, 3.63) is 18.2 Å². The summed E-state index contributed by atoms with van der Waals surface area (Å²) >= 11 is 0. The molecule has 1 aliphatic carbocycles. The number of nitrogens with zero attached hydrogens (tertiary/aromatic N) is 4. The Kier molecular flexibility index (Phi) is 4.38. The van der Waals surface area contributed by atoms with Crippen LogP contribution in [0.5, 0.6) is 0 Å². The lowest BCUT2D eigenvalue weighted by atomic mass is 10.1. The van der Waals surface area contributed by atoms with Crippen LogP contribution in [0.2, 0.25) is 0 Å². The van der Waals surface area contributed by atoms with Gasteiger partial charge in [0.05, 0.1) is 6.04 Å². The van der Waals surface area contributed by atoms with E-state index in [0.29, 0.717) is 18.5 Å². The molecule has 1 N–H and O–H groups in total. The highest BCUT2D eigenvalue weighted by Gasteiger charge is 2.34. The van der Waals surface area contributed by atoms with Gasteiger partial charge in [0.2, 0.25) is 0 Å². The maximum Gasteiger partial charge on any atom is 0.317 e.